The van der Waals surface area contributed by atoms with Gasteiger partial charge < -0.3 is 9.13 Å². The average molecular weight is 412 g/mol. The predicted octanol–water partition coefficient (Wildman–Crippen LogP) is 3.59. The van der Waals surface area contributed by atoms with Gasteiger partial charge in [0.25, 0.3) is 0 Å². The van der Waals surface area contributed by atoms with E-state index in [4.69, 9.17) is 0 Å². The highest BCUT2D eigenvalue weighted by atomic mass is 32.2. The first kappa shape index (κ1) is 19.0. The van der Waals surface area contributed by atoms with Gasteiger partial charge in [-0.1, -0.05) is 6.92 Å². The summed E-state index contributed by atoms with van der Waals surface area (Å²) in [6.07, 6.45) is -2.05. The maximum absolute atomic E-state index is 13.0. The lowest BCUT2D eigenvalue weighted by atomic mass is 10.2. The average Bonchev–Trinajstić information content (AvgIpc) is 3.19. The number of nitrogens with zero attached hydrogens (tertiary/aromatic N) is 4. The van der Waals surface area contributed by atoms with Crippen molar-refractivity contribution in [1.82, 2.24) is 19.1 Å². The molecular weight excluding hydrogens is 393 g/mol. The van der Waals surface area contributed by atoms with E-state index in [9.17, 15) is 21.6 Å². The minimum Gasteiger partial charge on any atom is -0.326 e. The molecule has 0 N–H and O–H groups in total. The number of sulfone groups is 1. The molecule has 4 rings (SSSR count). The molecule has 28 heavy (non-hydrogen) atoms. The number of imidazole rings is 2. The standard InChI is InChI=1S/C18H19F3N4O2S/c1-3-28(26,27)17-15(23-14-6-4-5-9-25(14)17)16-22-12-10-11(18(19,20)21)7-8-13(12)24(16)2/h7-8,10H,3-6,9H2,1-2H3. The lowest BCUT2D eigenvalue weighted by Crippen LogP contribution is -2.17. The number of rotatable bonds is 3. The summed E-state index contributed by atoms with van der Waals surface area (Å²) in [6, 6.07) is 3.32. The molecule has 0 saturated heterocycles. The van der Waals surface area contributed by atoms with Gasteiger partial charge in [0.05, 0.1) is 22.3 Å². The monoisotopic (exact) mass is 412 g/mol. The highest BCUT2D eigenvalue weighted by Gasteiger charge is 2.33. The largest absolute Gasteiger partial charge is 0.416 e. The van der Waals surface area contributed by atoms with E-state index in [1.54, 1.807) is 23.1 Å². The van der Waals surface area contributed by atoms with Crippen molar-refractivity contribution in [2.75, 3.05) is 5.75 Å². The van der Waals surface area contributed by atoms with Crippen LogP contribution in [0.5, 0.6) is 0 Å². The van der Waals surface area contributed by atoms with Crippen molar-refractivity contribution in [3.05, 3.63) is 29.6 Å². The van der Waals surface area contributed by atoms with Crippen LogP contribution in [-0.2, 0) is 36.0 Å². The second kappa shape index (κ2) is 6.33. The van der Waals surface area contributed by atoms with Crippen molar-refractivity contribution >= 4 is 20.9 Å². The van der Waals surface area contributed by atoms with E-state index in [0.717, 1.165) is 25.0 Å². The second-order valence-electron chi connectivity index (χ2n) is 6.89. The molecule has 1 aliphatic heterocycles. The van der Waals surface area contributed by atoms with E-state index in [1.807, 2.05) is 0 Å². The zero-order valence-corrected chi connectivity index (χ0v) is 16.2. The smallest absolute Gasteiger partial charge is 0.326 e. The van der Waals surface area contributed by atoms with Crippen LogP contribution in [0.25, 0.3) is 22.6 Å². The van der Waals surface area contributed by atoms with E-state index in [2.05, 4.69) is 9.97 Å². The number of aromatic nitrogens is 4. The summed E-state index contributed by atoms with van der Waals surface area (Å²) in [7, 11) is -1.94. The Hall–Kier alpha value is -2.36. The number of alkyl halides is 3. The van der Waals surface area contributed by atoms with E-state index < -0.39 is 21.6 Å². The molecule has 6 nitrogen and oxygen atoms in total. The summed E-state index contributed by atoms with van der Waals surface area (Å²) >= 11 is 0. The van der Waals surface area contributed by atoms with Crippen LogP contribution >= 0.6 is 0 Å². The Morgan fingerprint density at radius 3 is 2.61 bits per heavy atom. The molecule has 0 fully saturated rings. The molecule has 2 aromatic heterocycles. The van der Waals surface area contributed by atoms with Crippen molar-refractivity contribution in [2.24, 2.45) is 7.05 Å². The van der Waals surface area contributed by atoms with Gasteiger partial charge in [-0.2, -0.15) is 13.2 Å². The van der Waals surface area contributed by atoms with Crippen LogP contribution in [0, 0.1) is 0 Å². The Bertz CT molecular complexity index is 1180. The van der Waals surface area contributed by atoms with Gasteiger partial charge in [-0.25, -0.2) is 18.4 Å². The third-order valence-electron chi connectivity index (χ3n) is 5.13. The van der Waals surface area contributed by atoms with Crippen LogP contribution < -0.4 is 0 Å². The molecule has 0 amide bonds. The first-order valence-electron chi connectivity index (χ1n) is 8.99. The predicted molar refractivity (Wildman–Crippen MR) is 97.6 cm³/mol. The highest BCUT2D eigenvalue weighted by Crippen LogP contribution is 2.35. The zero-order valence-electron chi connectivity index (χ0n) is 15.4. The molecule has 0 bridgehead atoms. The highest BCUT2D eigenvalue weighted by molar-refractivity contribution is 7.91. The van der Waals surface area contributed by atoms with E-state index in [1.165, 1.54) is 6.07 Å². The lowest BCUT2D eigenvalue weighted by molar-refractivity contribution is -0.137. The maximum Gasteiger partial charge on any atom is 0.416 e. The second-order valence-corrected chi connectivity index (χ2v) is 9.08. The fourth-order valence-electron chi connectivity index (χ4n) is 3.64. The summed E-state index contributed by atoms with van der Waals surface area (Å²) in [5.41, 5.74) is 0.0492. The molecule has 150 valence electrons. The summed E-state index contributed by atoms with van der Waals surface area (Å²) < 4.78 is 68.0. The molecular formula is C18H19F3N4O2S. The van der Waals surface area contributed by atoms with E-state index >= 15 is 0 Å². The van der Waals surface area contributed by atoms with Crippen LogP contribution in [0.2, 0.25) is 0 Å². The molecule has 0 radical (unpaired) electrons. The Kier molecular flexibility index (Phi) is 4.29. The Morgan fingerprint density at radius 2 is 1.93 bits per heavy atom. The van der Waals surface area contributed by atoms with E-state index in [-0.39, 0.29) is 27.8 Å². The summed E-state index contributed by atoms with van der Waals surface area (Å²) in [6.45, 7) is 2.12. The molecule has 0 saturated carbocycles. The van der Waals surface area contributed by atoms with Gasteiger partial charge in [-0.05, 0) is 31.0 Å². The van der Waals surface area contributed by atoms with Crippen LogP contribution in [-0.4, -0.2) is 33.3 Å². The van der Waals surface area contributed by atoms with Gasteiger partial charge in [0.1, 0.15) is 11.5 Å². The van der Waals surface area contributed by atoms with Gasteiger partial charge >= 0.3 is 6.18 Å². The molecule has 0 aliphatic carbocycles. The van der Waals surface area contributed by atoms with Gasteiger partial charge in [-0.3, -0.25) is 0 Å². The Morgan fingerprint density at radius 1 is 1.18 bits per heavy atom. The molecule has 1 aliphatic rings. The third-order valence-corrected chi connectivity index (χ3v) is 6.89. The van der Waals surface area contributed by atoms with Gasteiger partial charge in [0, 0.05) is 20.0 Å². The molecule has 10 heteroatoms. The number of hydrogen-bond donors (Lipinski definition) is 0. The molecule has 3 heterocycles. The SMILES string of the molecule is CCS(=O)(=O)c1c(-c2nc3cc(C(F)(F)F)ccc3n2C)nc2n1CCCC2. The number of fused-ring (bicyclic) bond motifs is 2. The number of hydrogen-bond acceptors (Lipinski definition) is 4. The Balaban J connectivity index is 1.98. The van der Waals surface area contributed by atoms with Gasteiger partial charge in [0.15, 0.2) is 20.7 Å². The topological polar surface area (TPSA) is 69.8 Å². The maximum atomic E-state index is 13.0. The van der Waals surface area contributed by atoms with E-state index in [0.29, 0.717) is 24.3 Å². The van der Waals surface area contributed by atoms with Crippen molar-refractivity contribution < 1.29 is 21.6 Å². The van der Waals surface area contributed by atoms with Crippen molar-refractivity contribution in [1.29, 1.82) is 0 Å². The fourth-order valence-corrected chi connectivity index (χ4v) is 4.88. The zero-order chi connectivity index (χ0) is 20.3. The lowest BCUT2D eigenvalue weighted by Gasteiger charge is -2.16. The van der Waals surface area contributed by atoms with Crippen LogP contribution in [0.1, 0.15) is 31.2 Å². The van der Waals surface area contributed by atoms with Crippen molar-refractivity contribution in [3.8, 4) is 11.5 Å². The minimum atomic E-state index is -4.48. The quantitative estimate of drug-likeness (QED) is 0.659. The number of aryl methyl sites for hydroxylation is 2. The van der Waals surface area contributed by atoms with Gasteiger partial charge in [0.2, 0.25) is 0 Å². The summed E-state index contributed by atoms with van der Waals surface area (Å²) in [5, 5.41) is 0.110. The van der Waals surface area contributed by atoms with Crippen LogP contribution in [0.15, 0.2) is 23.2 Å². The number of benzene rings is 1. The van der Waals surface area contributed by atoms with Crippen LogP contribution in [0.3, 0.4) is 0 Å². The molecule has 1 aromatic carbocycles. The Labute approximate surface area is 159 Å². The third kappa shape index (κ3) is 2.90. The molecule has 0 spiro atoms. The first-order chi connectivity index (χ1) is 13.1. The van der Waals surface area contributed by atoms with Gasteiger partial charge in [-0.15, -0.1) is 0 Å². The van der Waals surface area contributed by atoms with Crippen molar-refractivity contribution in [2.45, 2.75) is 43.9 Å². The first-order valence-corrected chi connectivity index (χ1v) is 10.6. The molecule has 0 unspecified atom stereocenters. The summed E-state index contributed by atoms with van der Waals surface area (Å²) in [4.78, 5) is 8.87. The number of halogens is 3. The summed E-state index contributed by atoms with van der Waals surface area (Å²) in [5.74, 6) is 0.840. The minimum absolute atomic E-state index is 0.0900. The van der Waals surface area contributed by atoms with Crippen molar-refractivity contribution in [3.63, 3.8) is 0 Å². The molecule has 0 atom stereocenters. The normalized spacial score (nSPS) is 15.2. The fraction of sp³-hybridized carbons (Fsp3) is 0.444. The molecule has 3 aromatic rings. The van der Waals surface area contributed by atoms with Crippen LogP contribution in [0.4, 0.5) is 13.2 Å².